The molecule has 5 atom stereocenters. The molecule has 0 unspecified atom stereocenters. The van der Waals surface area contributed by atoms with Crippen molar-refractivity contribution in [3.8, 4) is 0 Å². The summed E-state index contributed by atoms with van der Waals surface area (Å²) < 4.78 is 123. The molecule has 5 N–H and O–H groups in total. The number of ketones is 1. The second kappa shape index (κ2) is 9.91. The normalized spacial score (nSPS) is 34.0. The number of nitrogens with one attached hydrogen (secondary N) is 3. The van der Waals surface area contributed by atoms with E-state index < -0.39 is 117 Å². The molecule has 1 saturated heterocycles. The fraction of sp³-hybridized carbons (Fsp3) is 0.815. The number of hydrogen-bond donors (Lipinski definition) is 4. The van der Waals surface area contributed by atoms with Crippen molar-refractivity contribution < 1.29 is 44.5 Å². The average Bonchev–Trinajstić information content (AvgIpc) is 3.40. The summed E-state index contributed by atoms with van der Waals surface area (Å²) in [5.74, 6) is -9.28. The standard InChI is InChI=1S/C27H45N5O5/c1-25(2,3)20(30-24(37)31-26(4,5)6)23(36)32-13-15-17(27(15,7)8)18(32)22(35)29-16(19(33)21(28)34)12-14-10-9-11-14/h14-18,20H,9-13H2,1-8H3,(H2,28,34)(H,29,35)(H2,30,31,37)/t15-,16-,17-,18-,20+/m0/s1/i1D3,2D3,3D3,7D3,8D3. The van der Waals surface area contributed by atoms with Gasteiger partial charge in [-0.3, -0.25) is 19.2 Å². The van der Waals surface area contributed by atoms with Gasteiger partial charge in [-0.25, -0.2) is 4.79 Å². The van der Waals surface area contributed by atoms with Crippen LogP contribution in [-0.4, -0.2) is 64.6 Å². The highest BCUT2D eigenvalue weighted by Gasteiger charge is 2.70. The minimum atomic E-state index is -4.07. The Bertz CT molecular complexity index is 1390. The van der Waals surface area contributed by atoms with Gasteiger partial charge in [-0.2, -0.15) is 0 Å². The van der Waals surface area contributed by atoms with Crippen molar-refractivity contribution in [3.63, 3.8) is 0 Å². The minimum absolute atomic E-state index is 0.108. The van der Waals surface area contributed by atoms with Crippen LogP contribution < -0.4 is 21.7 Å². The number of primary amides is 1. The summed E-state index contributed by atoms with van der Waals surface area (Å²) in [6, 6.07) is -8.19. The first kappa shape index (κ1) is 14.5. The molecule has 37 heavy (non-hydrogen) atoms. The maximum absolute atomic E-state index is 14.7. The Balaban J connectivity index is 2.29. The lowest BCUT2D eigenvalue weighted by Gasteiger charge is -2.38. The van der Waals surface area contributed by atoms with E-state index in [2.05, 4.69) is 10.6 Å². The van der Waals surface area contributed by atoms with E-state index in [-0.39, 0.29) is 12.3 Å². The summed E-state index contributed by atoms with van der Waals surface area (Å²) in [5.41, 5.74) is -2.61. The third-order valence-electron chi connectivity index (χ3n) is 7.17. The number of fused-ring (bicyclic) bond motifs is 1. The number of amides is 5. The highest BCUT2D eigenvalue weighted by molar-refractivity contribution is 6.37. The quantitative estimate of drug-likeness (QED) is 0.350. The van der Waals surface area contributed by atoms with E-state index in [1.165, 1.54) is 20.8 Å². The number of likely N-dealkylation sites (tertiary alicyclic amines) is 1. The van der Waals surface area contributed by atoms with E-state index in [1.54, 1.807) is 0 Å². The van der Waals surface area contributed by atoms with Crippen molar-refractivity contribution in [2.24, 2.45) is 34.3 Å². The van der Waals surface area contributed by atoms with E-state index in [0.717, 1.165) is 6.42 Å². The third-order valence-corrected chi connectivity index (χ3v) is 7.17. The fourth-order valence-corrected chi connectivity index (χ4v) is 5.02. The largest absolute Gasteiger partial charge is 0.363 e. The van der Waals surface area contributed by atoms with Crippen molar-refractivity contribution in [3.05, 3.63) is 0 Å². The molecule has 3 fully saturated rings. The molecular formula is C27H45N5O5. The number of rotatable bonds is 8. The zero-order valence-electron chi connectivity index (χ0n) is 36.1. The van der Waals surface area contributed by atoms with Gasteiger partial charge in [-0.1, -0.05) is 53.5 Å². The first-order valence-corrected chi connectivity index (χ1v) is 12.1. The van der Waals surface area contributed by atoms with Gasteiger partial charge < -0.3 is 26.6 Å². The van der Waals surface area contributed by atoms with Crippen LogP contribution in [0.25, 0.3) is 0 Å². The average molecular weight is 535 g/mol. The van der Waals surface area contributed by atoms with Gasteiger partial charge in [0.2, 0.25) is 17.6 Å². The summed E-state index contributed by atoms with van der Waals surface area (Å²) in [7, 11) is 0. The molecule has 0 radical (unpaired) electrons. The molecule has 0 aromatic rings. The van der Waals surface area contributed by atoms with Gasteiger partial charge in [0, 0.05) is 32.6 Å². The second-order valence-electron chi connectivity index (χ2n) is 11.3. The number of carbonyl (C=O) groups excluding carboxylic acids is 5. The molecule has 208 valence electrons. The van der Waals surface area contributed by atoms with Gasteiger partial charge in [-0.15, -0.1) is 0 Å². The van der Waals surface area contributed by atoms with Crippen LogP contribution >= 0.6 is 0 Å². The molecule has 3 rings (SSSR count). The molecule has 5 amide bonds. The maximum Gasteiger partial charge on any atom is 0.315 e. The summed E-state index contributed by atoms with van der Waals surface area (Å²) in [4.78, 5) is 67.4. The maximum atomic E-state index is 14.7. The summed E-state index contributed by atoms with van der Waals surface area (Å²) >= 11 is 0. The highest BCUT2D eigenvalue weighted by atomic mass is 16.2. The summed E-state index contributed by atoms with van der Waals surface area (Å²) in [6.45, 7) is -15.4. The summed E-state index contributed by atoms with van der Waals surface area (Å²) in [5, 5.41) is 6.51. The van der Waals surface area contributed by atoms with E-state index in [4.69, 9.17) is 26.3 Å². The van der Waals surface area contributed by atoms with Gasteiger partial charge in [0.25, 0.3) is 5.91 Å². The number of piperidine rings is 1. The number of nitrogens with two attached hydrogens (primary N) is 1. The number of Topliss-reactive ketones (excluding diaryl/α,β-unsaturated/α-hetero) is 1. The van der Waals surface area contributed by atoms with Crippen LogP contribution in [0.15, 0.2) is 0 Å². The van der Waals surface area contributed by atoms with Gasteiger partial charge in [0.05, 0.1) is 6.04 Å². The van der Waals surface area contributed by atoms with Crippen LogP contribution in [0.1, 0.15) is 101 Å². The molecule has 10 heteroatoms. The number of carbonyl (C=O) groups is 5. The molecule has 0 aromatic heterocycles. The van der Waals surface area contributed by atoms with E-state index >= 15 is 0 Å². The Hall–Kier alpha value is -2.65. The Morgan fingerprint density at radius 2 is 1.73 bits per heavy atom. The zero-order valence-corrected chi connectivity index (χ0v) is 21.1. The molecule has 1 aliphatic heterocycles. The van der Waals surface area contributed by atoms with Crippen LogP contribution in [-0.2, 0) is 19.2 Å². The second-order valence-corrected chi connectivity index (χ2v) is 11.3. The predicted octanol–water partition coefficient (Wildman–Crippen LogP) is 1.71. The number of nitrogens with zero attached hydrogens (tertiary/aromatic N) is 1. The first-order valence-electron chi connectivity index (χ1n) is 19.6. The fourth-order valence-electron chi connectivity index (χ4n) is 5.02. The predicted molar refractivity (Wildman–Crippen MR) is 139 cm³/mol. The van der Waals surface area contributed by atoms with Crippen LogP contribution in [0.2, 0.25) is 0 Å². The monoisotopic (exact) mass is 534 g/mol. The first-order chi connectivity index (χ1) is 23.1. The molecule has 2 saturated carbocycles. The van der Waals surface area contributed by atoms with E-state index in [9.17, 15) is 24.0 Å². The number of urea groups is 1. The molecule has 3 aliphatic rings. The van der Waals surface area contributed by atoms with Crippen LogP contribution in [0.4, 0.5) is 4.79 Å². The Morgan fingerprint density at radius 3 is 2.22 bits per heavy atom. The van der Waals surface area contributed by atoms with Crippen molar-refractivity contribution >= 4 is 29.5 Å². The molecule has 0 spiro atoms. The minimum Gasteiger partial charge on any atom is -0.363 e. The zero-order chi connectivity index (χ0) is 40.6. The number of hydrogen-bond acceptors (Lipinski definition) is 5. The van der Waals surface area contributed by atoms with Crippen molar-refractivity contribution in [2.45, 2.75) is 104 Å². The molecule has 2 aliphatic carbocycles. The van der Waals surface area contributed by atoms with Crippen LogP contribution in [0.3, 0.4) is 0 Å². The smallest absolute Gasteiger partial charge is 0.315 e. The highest BCUT2D eigenvalue weighted by Crippen LogP contribution is 2.65. The van der Waals surface area contributed by atoms with Crippen molar-refractivity contribution in [1.29, 1.82) is 0 Å². The third kappa shape index (κ3) is 6.26. The lowest BCUT2D eigenvalue weighted by atomic mass is 9.80. The van der Waals surface area contributed by atoms with Gasteiger partial charge >= 0.3 is 6.03 Å². The van der Waals surface area contributed by atoms with E-state index in [0.29, 0.717) is 17.7 Å². The van der Waals surface area contributed by atoms with Gasteiger partial charge in [-0.05, 0) is 55.8 Å². The molecule has 1 heterocycles. The van der Waals surface area contributed by atoms with Crippen LogP contribution in [0, 0.1) is 28.6 Å². The van der Waals surface area contributed by atoms with Gasteiger partial charge in [0.1, 0.15) is 12.1 Å². The lowest BCUT2D eigenvalue weighted by molar-refractivity contribution is -0.145. The van der Waals surface area contributed by atoms with Crippen molar-refractivity contribution in [2.75, 3.05) is 6.54 Å². The Labute approximate surface area is 241 Å². The molecule has 0 aromatic carbocycles. The summed E-state index contributed by atoms with van der Waals surface area (Å²) in [6.07, 6.45) is 1.90. The Kier molecular flexibility index (Phi) is 3.88. The van der Waals surface area contributed by atoms with Crippen molar-refractivity contribution in [1.82, 2.24) is 20.9 Å². The molecule has 0 bridgehead atoms. The Morgan fingerprint density at radius 1 is 1.08 bits per heavy atom. The van der Waals surface area contributed by atoms with E-state index in [1.807, 2.05) is 5.32 Å². The SMILES string of the molecule is [2H]C([2H])([2H])C1(C([2H])([2H])[2H])[C@@H]2[C@@H](C(=O)N[C@@H](CC3CCC3)C(=O)C(N)=O)N(C(=O)[C@@H](NC(=O)NC(C)(C)C)C(C([2H])([2H])[2H])(C([2H])([2H])[2H])C([2H])([2H])[2H])C[C@@H]21. The van der Waals surface area contributed by atoms with Gasteiger partial charge in [0.15, 0.2) is 0 Å². The lowest BCUT2D eigenvalue weighted by Crippen LogP contribution is -2.62. The topological polar surface area (TPSA) is 151 Å². The van der Waals surface area contributed by atoms with Crippen LogP contribution in [0.5, 0.6) is 0 Å². The molecular weight excluding hydrogens is 474 g/mol. The molecule has 10 nitrogen and oxygen atoms in total.